The molecule has 1 fully saturated rings. The molecule has 0 bridgehead atoms. The van der Waals surface area contributed by atoms with E-state index in [1.54, 1.807) is 0 Å². The van der Waals surface area contributed by atoms with Gasteiger partial charge in [-0.25, -0.2) is 4.79 Å². The molecule has 2 rings (SSSR count). The molecule has 0 spiro atoms. The number of carbonyl (C=O) groups is 1. The first kappa shape index (κ1) is 15.9. The van der Waals surface area contributed by atoms with Crippen molar-refractivity contribution in [1.29, 1.82) is 0 Å². The Hall–Kier alpha value is -1.51. The Morgan fingerprint density at radius 1 is 1.19 bits per heavy atom. The van der Waals surface area contributed by atoms with E-state index in [4.69, 9.17) is 4.74 Å². The van der Waals surface area contributed by atoms with E-state index < -0.39 is 0 Å². The van der Waals surface area contributed by atoms with Crippen LogP contribution in [0.2, 0.25) is 0 Å². The molecule has 1 aliphatic carbocycles. The lowest BCUT2D eigenvalue weighted by atomic mass is 9.84. The molecule has 0 heterocycles. The maximum atomic E-state index is 11.5. The summed E-state index contributed by atoms with van der Waals surface area (Å²) in [5, 5.41) is 2.76. The average Bonchev–Trinajstić information content (AvgIpc) is 2.54. The Bertz CT molecular complexity index is 421. The van der Waals surface area contributed by atoms with E-state index in [0.717, 1.165) is 24.3 Å². The van der Waals surface area contributed by atoms with Crippen molar-refractivity contribution in [3.8, 4) is 0 Å². The van der Waals surface area contributed by atoms with Crippen molar-refractivity contribution < 1.29 is 9.53 Å². The Kier molecular flexibility index (Phi) is 6.58. The van der Waals surface area contributed by atoms with Crippen LogP contribution in [0.1, 0.15) is 68.9 Å². The first-order chi connectivity index (χ1) is 10.3. The van der Waals surface area contributed by atoms with Crippen LogP contribution in [-0.2, 0) is 11.3 Å². The molecule has 1 amide bonds. The minimum Gasteiger partial charge on any atom is -0.445 e. The third-order valence-corrected chi connectivity index (χ3v) is 4.23. The molecule has 3 nitrogen and oxygen atoms in total. The second kappa shape index (κ2) is 8.71. The van der Waals surface area contributed by atoms with Crippen LogP contribution in [0, 0.1) is 0 Å². The molecule has 0 radical (unpaired) electrons. The molecular formula is C18H27NO2. The molecule has 1 aliphatic rings. The van der Waals surface area contributed by atoms with Crippen molar-refractivity contribution >= 4 is 6.09 Å². The zero-order valence-corrected chi connectivity index (χ0v) is 13.1. The molecule has 0 aliphatic heterocycles. The number of hydrogen-bond donors (Lipinski definition) is 1. The summed E-state index contributed by atoms with van der Waals surface area (Å²) in [6.45, 7) is 3.14. The molecule has 1 aromatic carbocycles. The summed E-state index contributed by atoms with van der Waals surface area (Å²) in [6.07, 6.45) is 8.47. The number of amides is 1. The highest BCUT2D eigenvalue weighted by Crippen LogP contribution is 2.32. The van der Waals surface area contributed by atoms with Gasteiger partial charge >= 0.3 is 6.09 Å². The minimum absolute atomic E-state index is 0.320. The molecule has 116 valence electrons. The van der Waals surface area contributed by atoms with Gasteiger partial charge in [-0.3, -0.25) is 0 Å². The average molecular weight is 289 g/mol. The zero-order chi connectivity index (χ0) is 14.9. The van der Waals surface area contributed by atoms with Gasteiger partial charge in [0.25, 0.3) is 0 Å². The lowest BCUT2D eigenvalue weighted by Gasteiger charge is -2.22. The number of nitrogens with one attached hydrogen (secondary N) is 1. The van der Waals surface area contributed by atoms with E-state index in [-0.39, 0.29) is 6.09 Å². The smallest absolute Gasteiger partial charge is 0.407 e. The number of benzene rings is 1. The fourth-order valence-corrected chi connectivity index (χ4v) is 2.89. The summed E-state index contributed by atoms with van der Waals surface area (Å²) >= 11 is 0. The minimum atomic E-state index is -0.320. The first-order valence-corrected chi connectivity index (χ1v) is 8.29. The first-order valence-electron chi connectivity index (χ1n) is 8.29. The van der Waals surface area contributed by atoms with Gasteiger partial charge in [0, 0.05) is 6.54 Å². The third-order valence-electron chi connectivity index (χ3n) is 4.23. The van der Waals surface area contributed by atoms with Gasteiger partial charge in [0.05, 0.1) is 0 Å². The second-order valence-electron chi connectivity index (χ2n) is 5.93. The number of hydrogen-bond acceptors (Lipinski definition) is 2. The molecule has 1 N–H and O–H groups in total. The summed E-state index contributed by atoms with van der Waals surface area (Å²) in [6, 6.07) is 8.57. The van der Waals surface area contributed by atoms with Crippen LogP contribution in [-0.4, -0.2) is 12.6 Å². The number of ether oxygens (including phenoxy) is 1. The fraction of sp³-hybridized carbons (Fsp3) is 0.611. The van der Waals surface area contributed by atoms with Crippen molar-refractivity contribution in [2.45, 2.75) is 64.4 Å². The van der Waals surface area contributed by atoms with E-state index in [1.807, 2.05) is 0 Å². The van der Waals surface area contributed by atoms with Crippen molar-refractivity contribution in [2.75, 3.05) is 6.54 Å². The van der Waals surface area contributed by atoms with Crippen LogP contribution in [0.25, 0.3) is 0 Å². The SMILES string of the molecule is CCCCNC(=O)OCc1ccc(C2CCCCC2)cc1. The van der Waals surface area contributed by atoms with Crippen LogP contribution < -0.4 is 5.32 Å². The summed E-state index contributed by atoms with van der Waals surface area (Å²) < 4.78 is 5.21. The Morgan fingerprint density at radius 3 is 2.57 bits per heavy atom. The van der Waals surface area contributed by atoms with Crippen LogP contribution in [0.15, 0.2) is 24.3 Å². The number of unbranched alkanes of at least 4 members (excludes halogenated alkanes) is 1. The Balaban J connectivity index is 1.75. The third kappa shape index (κ3) is 5.41. The second-order valence-corrected chi connectivity index (χ2v) is 5.93. The molecule has 0 atom stereocenters. The summed E-state index contributed by atoms with van der Waals surface area (Å²) in [7, 11) is 0. The summed E-state index contributed by atoms with van der Waals surface area (Å²) in [4.78, 5) is 11.5. The molecule has 0 unspecified atom stereocenters. The zero-order valence-electron chi connectivity index (χ0n) is 13.1. The van der Waals surface area contributed by atoms with Gasteiger partial charge in [0.15, 0.2) is 0 Å². The monoisotopic (exact) mass is 289 g/mol. The standard InChI is InChI=1S/C18H27NO2/c1-2-3-13-19-18(20)21-14-15-9-11-17(12-10-15)16-7-5-4-6-8-16/h9-12,16H,2-8,13-14H2,1H3,(H,19,20). The van der Waals surface area contributed by atoms with Gasteiger partial charge in [-0.05, 0) is 36.3 Å². The lowest BCUT2D eigenvalue weighted by Crippen LogP contribution is -2.25. The predicted octanol–water partition coefficient (Wildman–Crippen LogP) is 4.76. The molecule has 1 aromatic rings. The van der Waals surface area contributed by atoms with Gasteiger partial charge in [-0.15, -0.1) is 0 Å². The molecular weight excluding hydrogens is 262 g/mol. The summed E-state index contributed by atoms with van der Waals surface area (Å²) in [5.41, 5.74) is 2.49. The van der Waals surface area contributed by atoms with Gasteiger partial charge in [0.1, 0.15) is 6.61 Å². The quantitative estimate of drug-likeness (QED) is 0.767. The van der Waals surface area contributed by atoms with E-state index in [2.05, 4.69) is 36.5 Å². The van der Waals surface area contributed by atoms with Gasteiger partial charge < -0.3 is 10.1 Å². The molecule has 1 saturated carbocycles. The predicted molar refractivity (Wildman–Crippen MR) is 85.4 cm³/mol. The van der Waals surface area contributed by atoms with Gasteiger partial charge in [-0.1, -0.05) is 56.9 Å². The maximum Gasteiger partial charge on any atom is 0.407 e. The Labute approximate surface area is 128 Å². The largest absolute Gasteiger partial charge is 0.445 e. The van der Waals surface area contributed by atoms with Crippen LogP contribution in [0.4, 0.5) is 4.79 Å². The lowest BCUT2D eigenvalue weighted by molar-refractivity contribution is 0.139. The van der Waals surface area contributed by atoms with Crippen molar-refractivity contribution in [1.82, 2.24) is 5.32 Å². The van der Waals surface area contributed by atoms with Gasteiger partial charge in [0.2, 0.25) is 0 Å². The Morgan fingerprint density at radius 2 is 1.90 bits per heavy atom. The highest BCUT2D eigenvalue weighted by atomic mass is 16.5. The van der Waals surface area contributed by atoms with Crippen molar-refractivity contribution in [3.63, 3.8) is 0 Å². The number of alkyl carbamates (subject to hydrolysis) is 1. The van der Waals surface area contributed by atoms with Crippen LogP contribution >= 0.6 is 0 Å². The number of carbonyl (C=O) groups excluding carboxylic acids is 1. The number of rotatable bonds is 6. The van der Waals surface area contributed by atoms with Crippen LogP contribution in [0.5, 0.6) is 0 Å². The highest BCUT2D eigenvalue weighted by molar-refractivity contribution is 5.67. The van der Waals surface area contributed by atoms with Crippen molar-refractivity contribution in [3.05, 3.63) is 35.4 Å². The maximum absolute atomic E-state index is 11.5. The van der Waals surface area contributed by atoms with Gasteiger partial charge in [-0.2, -0.15) is 0 Å². The normalized spacial score (nSPS) is 15.7. The molecule has 21 heavy (non-hydrogen) atoms. The van der Waals surface area contributed by atoms with E-state index in [1.165, 1.54) is 37.7 Å². The fourth-order valence-electron chi connectivity index (χ4n) is 2.89. The molecule has 0 saturated heterocycles. The van der Waals surface area contributed by atoms with E-state index in [0.29, 0.717) is 13.2 Å². The highest BCUT2D eigenvalue weighted by Gasteiger charge is 2.15. The molecule has 3 heteroatoms. The van der Waals surface area contributed by atoms with Crippen molar-refractivity contribution in [2.24, 2.45) is 0 Å². The van der Waals surface area contributed by atoms with E-state index >= 15 is 0 Å². The topological polar surface area (TPSA) is 38.3 Å². The molecule has 0 aromatic heterocycles. The summed E-state index contributed by atoms with van der Waals surface area (Å²) in [5.74, 6) is 0.728. The van der Waals surface area contributed by atoms with E-state index in [9.17, 15) is 4.79 Å². The van der Waals surface area contributed by atoms with Crippen LogP contribution in [0.3, 0.4) is 0 Å².